The van der Waals surface area contributed by atoms with Gasteiger partial charge in [-0.15, -0.1) is 0 Å². The number of nitrogens with one attached hydrogen (secondary N) is 1. The second kappa shape index (κ2) is 3.82. The Morgan fingerprint density at radius 3 is 2.14 bits per heavy atom. The Kier molecular flexibility index (Phi) is 2.94. The van der Waals surface area contributed by atoms with E-state index >= 15 is 0 Å². The highest BCUT2D eigenvalue weighted by molar-refractivity contribution is 5.96. The molecule has 0 aliphatic heterocycles. The monoisotopic (exact) mass is 191 g/mol. The molecule has 1 aromatic rings. The quantitative estimate of drug-likeness (QED) is 0.725. The number of benzene rings is 1. The fraction of sp³-hybridized carbons (Fsp3) is 0.417. The minimum Gasteiger partial charge on any atom is -0.355 e. The van der Waals surface area contributed by atoms with Gasteiger partial charge in [0.25, 0.3) is 5.91 Å². The summed E-state index contributed by atoms with van der Waals surface area (Å²) < 4.78 is 0. The van der Waals surface area contributed by atoms with E-state index in [-0.39, 0.29) is 5.91 Å². The number of hydrogen-bond donors (Lipinski definition) is 1. The highest BCUT2D eigenvalue weighted by atomic mass is 16.1. The first-order chi connectivity index (χ1) is 6.49. The Hall–Kier alpha value is -1.31. The van der Waals surface area contributed by atoms with Crippen LogP contribution in [0.5, 0.6) is 0 Å². The fourth-order valence-corrected chi connectivity index (χ4v) is 1.58. The van der Waals surface area contributed by atoms with E-state index in [0.29, 0.717) is 0 Å². The molecule has 0 heterocycles. The van der Waals surface area contributed by atoms with Gasteiger partial charge in [-0.05, 0) is 56.0 Å². The lowest BCUT2D eigenvalue weighted by atomic mass is 9.94. The summed E-state index contributed by atoms with van der Waals surface area (Å²) in [4.78, 5) is 11.5. The molecule has 1 rings (SSSR count). The number of carbonyl (C=O) groups excluding carboxylic acids is 1. The lowest BCUT2D eigenvalue weighted by Gasteiger charge is -2.12. The Bertz CT molecular complexity index is 380. The predicted octanol–water partition coefficient (Wildman–Crippen LogP) is 2.28. The number of amides is 1. The van der Waals surface area contributed by atoms with Gasteiger partial charge in [-0.2, -0.15) is 0 Å². The molecule has 2 heteroatoms. The average molecular weight is 191 g/mol. The van der Waals surface area contributed by atoms with Crippen molar-refractivity contribution in [3.8, 4) is 0 Å². The topological polar surface area (TPSA) is 29.1 Å². The molecular formula is C12H17NO. The van der Waals surface area contributed by atoms with Gasteiger partial charge in [-0.3, -0.25) is 4.79 Å². The molecule has 1 amide bonds. The molecule has 0 aliphatic rings. The van der Waals surface area contributed by atoms with E-state index in [1.54, 1.807) is 7.05 Å². The summed E-state index contributed by atoms with van der Waals surface area (Å²) in [5.41, 5.74) is 5.52. The zero-order valence-corrected chi connectivity index (χ0v) is 9.49. The first-order valence-electron chi connectivity index (χ1n) is 4.78. The van der Waals surface area contributed by atoms with Gasteiger partial charge in [0.1, 0.15) is 0 Å². The van der Waals surface area contributed by atoms with Gasteiger partial charge in [0.2, 0.25) is 0 Å². The minimum absolute atomic E-state index is 0.00583. The Morgan fingerprint density at radius 1 is 1.07 bits per heavy atom. The smallest absolute Gasteiger partial charge is 0.251 e. The van der Waals surface area contributed by atoms with Crippen molar-refractivity contribution >= 4 is 5.91 Å². The first-order valence-corrected chi connectivity index (χ1v) is 4.78. The van der Waals surface area contributed by atoms with Crippen molar-refractivity contribution in [2.24, 2.45) is 0 Å². The van der Waals surface area contributed by atoms with Crippen molar-refractivity contribution in [3.05, 3.63) is 33.9 Å². The zero-order chi connectivity index (χ0) is 10.9. The van der Waals surface area contributed by atoms with Crippen LogP contribution >= 0.6 is 0 Å². The van der Waals surface area contributed by atoms with E-state index in [9.17, 15) is 4.79 Å². The molecule has 0 spiro atoms. The highest BCUT2D eigenvalue weighted by Gasteiger charge is 2.11. The lowest BCUT2D eigenvalue weighted by molar-refractivity contribution is 0.0962. The molecule has 2 nitrogen and oxygen atoms in total. The number of carbonyl (C=O) groups is 1. The van der Waals surface area contributed by atoms with E-state index in [1.807, 2.05) is 19.9 Å². The van der Waals surface area contributed by atoms with Crippen molar-refractivity contribution in [1.82, 2.24) is 5.32 Å². The molecule has 76 valence electrons. The summed E-state index contributed by atoms with van der Waals surface area (Å²) in [6.07, 6.45) is 0. The van der Waals surface area contributed by atoms with Crippen LogP contribution in [0.3, 0.4) is 0 Å². The summed E-state index contributed by atoms with van der Waals surface area (Å²) in [6, 6.07) is 1.95. The molecule has 0 saturated carbocycles. The molecule has 0 saturated heterocycles. The van der Waals surface area contributed by atoms with Crippen LogP contribution in [0, 0.1) is 27.7 Å². The molecule has 0 atom stereocenters. The fourth-order valence-electron chi connectivity index (χ4n) is 1.58. The van der Waals surface area contributed by atoms with Gasteiger partial charge in [0.05, 0.1) is 0 Å². The maximum absolute atomic E-state index is 11.5. The summed E-state index contributed by atoms with van der Waals surface area (Å²) in [6.45, 7) is 8.18. The summed E-state index contributed by atoms with van der Waals surface area (Å²) in [5, 5.41) is 2.66. The Balaban J connectivity index is 3.40. The van der Waals surface area contributed by atoms with Crippen molar-refractivity contribution in [2.45, 2.75) is 27.7 Å². The standard InChI is InChI=1S/C12H17NO/c1-7-6-11(12(14)13-5)10(4)9(3)8(7)2/h6H,1-5H3,(H,13,14). The van der Waals surface area contributed by atoms with Crippen LogP contribution in [0.1, 0.15) is 32.6 Å². The molecule has 0 unspecified atom stereocenters. The largest absolute Gasteiger partial charge is 0.355 e. The van der Waals surface area contributed by atoms with Crippen LogP contribution in [0.25, 0.3) is 0 Å². The van der Waals surface area contributed by atoms with Crippen LogP contribution in [-0.2, 0) is 0 Å². The Labute approximate surface area is 85.3 Å². The zero-order valence-electron chi connectivity index (χ0n) is 9.49. The van der Waals surface area contributed by atoms with E-state index in [0.717, 1.165) is 11.1 Å². The third-order valence-electron chi connectivity index (χ3n) is 2.95. The highest BCUT2D eigenvalue weighted by Crippen LogP contribution is 2.20. The van der Waals surface area contributed by atoms with E-state index in [4.69, 9.17) is 0 Å². The summed E-state index contributed by atoms with van der Waals surface area (Å²) in [7, 11) is 1.66. The van der Waals surface area contributed by atoms with Crippen LogP contribution in [-0.4, -0.2) is 13.0 Å². The molecule has 0 fully saturated rings. The molecular weight excluding hydrogens is 174 g/mol. The molecule has 14 heavy (non-hydrogen) atoms. The van der Waals surface area contributed by atoms with E-state index in [1.165, 1.54) is 16.7 Å². The van der Waals surface area contributed by atoms with E-state index in [2.05, 4.69) is 19.2 Å². The maximum Gasteiger partial charge on any atom is 0.251 e. The van der Waals surface area contributed by atoms with E-state index < -0.39 is 0 Å². The lowest BCUT2D eigenvalue weighted by Crippen LogP contribution is -2.19. The number of aryl methyl sites for hydroxylation is 1. The first kappa shape index (κ1) is 10.8. The van der Waals surface area contributed by atoms with Crippen molar-refractivity contribution in [3.63, 3.8) is 0 Å². The molecule has 0 aromatic heterocycles. The van der Waals surface area contributed by atoms with Crippen LogP contribution in [0.4, 0.5) is 0 Å². The van der Waals surface area contributed by atoms with Crippen molar-refractivity contribution in [1.29, 1.82) is 0 Å². The molecule has 0 bridgehead atoms. The van der Waals surface area contributed by atoms with Crippen molar-refractivity contribution < 1.29 is 4.79 Å². The van der Waals surface area contributed by atoms with Gasteiger partial charge >= 0.3 is 0 Å². The average Bonchev–Trinajstić information content (AvgIpc) is 2.19. The maximum atomic E-state index is 11.5. The third-order valence-corrected chi connectivity index (χ3v) is 2.95. The number of rotatable bonds is 1. The predicted molar refractivity (Wildman–Crippen MR) is 58.8 cm³/mol. The second-order valence-corrected chi connectivity index (χ2v) is 3.70. The second-order valence-electron chi connectivity index (χ2n) is 3.70. The van der Waals surface area contributed by atoms with Gasteiger partial charge in [0, 0.05) is 12.6 Å². The van der Waals surface area contributed by atoms with Crippen LogP contribution in [0.15, 0.2) is 6.07 Å². The van der Waals surface area contributed by atoms with Crippen molar-refractivity contribution in [2.75, 3.05) is 7.05 Å². The van der Waals surface area contributed by atoms with Gasteiger partial charge in [0.15, 0.2) is 0 Å². The Morgan fingerprint density at radius 2 is 1.64 bits per heavy atom. The SMILES string of the molecule is CNC(=O)c1cc(C)c(C)c(C)c1C. The molecule has 1 aromatic carbocycles. The van der Waals surface area contributed by atoms with Gasteiger partial charge in [-0.25, -0.2) is 0 Å². The molecule has 0 radical (unpaired) electrons. The minimum atomic E-state index is -0.00583. The number of hydrogen-bond acceptors (Lipinski definition) is 1. The van der Waals surface area contributed by atoms with Gasteiger partial charge in [-0.1, -0.05) is 0 Å². The summed E-state index contributed by atoms with van der Waals surface area (Å²) in [5.74, 6) is -0.00583. The van der Waals surface area contributed by atoms with Gasteiger partial charge < -0.3 is 5.32 Å². The molecule has 1 N–H and O–H groups in total. The molecule has 0 aliphatic carbocycles. The third kappa shape index (κ3) is 1.65. The van der Waals surface area contributed by atoms with Crippen LogP contribution in [0.2, 0.25) is 0 Å². The van der Waals surface area contributed by atoms with Crippen LogP contribution < -0.4 is 5.32 Å². The summed E-state index contributed by atoms with van der Waals surface area (Å²) >= 11 is 0. The normalized spacial score (nSPS) is 10.1.